The van der Waals surface area contributed by atoms with E-state index in [1.54, 1.807) is 0 Å². The maximum atomic E-state index is 11.1. The van der Waals surface area contributed by atoms with E-state index in [4.69, 9.17) is 0 Å². The van der Waals surface area contributed by atoms with Gasteiger partial charge in [-0.3, -0.25) is 0 Å². The lowest BCUT2D eigenvalue weighted by atomic mass is 10.1. The average molecular weight is 237 g/mol. The van der Waals surface area contributed by atoms with Crippen LogP contribution in [0.5, 0.6) is 0 Å². The summed E-state index contributed by atoms with van der Waals surface area (Å²) >= 11 is 0. The summed E-state index contributed by atoms with van der Waals surface area (Å²) in [7, 11) is -2.90. The summed E-state index contributed by atoms with van der Waals surface area (Å²) in [6, 6.07) is 8.11. The van der Waals surface area contributed by atoms with Crippen molar-refractivity contribution in [3.8, 4) is 0 Å². The molecule has 0 aliphatic carbocycles. The number of fused-ring (bicyclic) bond motifs is 1. The molecule has 4 heteroatoms. The number of aromatic nitrogens is 1. The van der Waals surface area contributed by atoms with Crippen molar-refractivity contribution in [2.24, 2.45) is 0 Å². The molecule has 2 rings (SSSR count). The average Bonchev–Trinajstić information content (AvgIpc) is 2.58. The number of nitrogens with zero attached hydrogens (tertiary/aromatic N) is 1. The fourth-order valence-electron chi connectivity index (χ4n) is 1.84. The number of benzene rings is 1. The molecule has 0 aliphatic heterocycles. The van der Waals surface area contributed by atoms with Gasteiger partial charge in [-0.15, -0.1) is 0 Å². The van der Waals surface area contributed by atoms with E-state index >= 15 is 0 Å². The smallest absolute Gasteiger partial charge is 0.149 e. The Morgan fingerprint density at radius 1 is 1.25 bits per heavy atom. The van der Waals surface area contributed by atoms with Gasteiger partial charge < -0.3 is 4.57 Å². The zero-order valence-corrected chi connectivity index (χ0v) is 10.3. The minimum atomic E-state index is -2.90. The summed E-state index contributed by atoms with van der Waals surface area (Å²) in [4.78, 5) is 0. The first-order valence-corrected chi connectivity index (χ1v) is 7.25. The molecule has 0 amide bonds. The van der Waals surface area contributed by atoms with Crippen molar-refractivity contribution >= 4 is 20.7 Å². The van der Waals surface area contributed by atoms with Crippen molar-refractivity contribution < 1.29 is 8.42 Å². The first-order valence-electron chi connectivity index (χ1n) is 5.19. The Hall–Kier alpha value is -1.29. The van der Waals surface area contributed by atoms with Gasteiger partial charge in [0.15, 0.2) is 0 Å². The molecule has 0 aliphatic rings. The van der Waals surface area contributed by atoms with E-state index in [2.05, 4.69) is 13.0 Å². The van der Waals surface area contributed by atoms with Crippen LogP contribution in [0.1, 0.15) is 5.56 Å². The quantitative estimate of drug-likeness (QED) is 0.819. The molecule has 16 heavy (non-hydrogen) atoms. The second-order valence-electron chi connectivity index (χ2n) is 4.15. The van der Waals surface area contributed by atoms with Gasteiger partial charge in [-0.2, -0.15) is 0 Å². The maximum absolute atomic E-state index is 11.1. The fourth-order valence-corrected chi connectivity index (χ4v) is 2.36. The maximum Gasteiger partial charge on any atom is 0.149 e. The molecule has 0 bridgehead atoms. The molecule has 0 saturated heterocycles. The third-order valence-electron chi connectivity index (χ3n) is 2.73. The van der Waals surface area contributed by atoms with Crippen LogP contribution in [0.4, 0.5) is 0 Å². The minimum Gasteiger partial charge on any atom is -0.346 e. The summed E-state index contributed by atoms with van der Waals surface area (Å²) in [5, 5.41) is 1.19. The zero-order valence-electron chi connectivity index (χ0n) is 9.47. The van der Waals surface area contributed by atoms with E-state index < -0.39 is 9.84 Å². The van der Waals surface area contributed by atoms with Crippen molar-refractivity contribution in [2.45, 2.75) is 13.5 Å². The van der Waals surface area contributed by atoms with Crippen LogP contribution in [0.3, 0.4) is 0 Å². The first kappa shape index (κ1) is 11.2. The monoisotopic (exact) mass is 237 g/mol. The van der Waals surface area contributed by atoms with E-state index in [0.717, 1.165) is 5.52 Å². The summed E-state index contributed by atoms with van der Waals surface area (Å²) < 4.78 is 24.2. The van der Waals surface area contributed by atoms with Gasteiger partial charge in [0.1, 0.15) is 9.84 Å². The number of hydrogen-bond donors (Lipinski definition) is 0. The molecule has 0 N–H and O–H groups in total. The largest absolute Gasteiger partial charge is 0.346 e. The van der Waals surface area contributed by atoms with E-state index in [0.29, 0.717) is 6.54 Å². The Kier molecular flexibility index (Phi) is 2.76. The van der Waals surface area contributed by atoms with Crippen molar-refractivity contribution in [3.05, 3.63) is 36.0 Å². The van der Waals surface area contributed by atoms with E-state index in [1.807, 2.05) is 29.0 Å². The van der Waals surface area contributed by atoms with Crippen LogP contribution in [0.2, 0.25) is 0 Å². The Balaban J connectivity index is 2.36. The minimum absolute atomic E-state index is 0.185. The molecule has 86 valence electrons. The number of hydrogen-bond acceptors (Lipinski definition) is 2. The molecular formula is C12H15NO2S. The standard InChI is InChI=1S/C12H15NO2S/c1-10-4-3-5-12-11(10)6-7-13(12)8-9-16(2,14)15/h3-7H,8-9H2,1-2H3. The Morgan fingerprint density at radius 2 is 2.00 bits per heavy atom. The Labute approximate surface area is 95.6 Å². The third kappa shape index (κ3) is 2.27. The summed E-state index contributed by atoms with van der Waals surface area (Å²) in [5.74, 6) is 0.185. The SMILES string of the molecule is Cc1cccc2c1ccn2CCS(C)(=O)=O. The summed E-state index contributed by atoms with van der Waals surface area (Å²) in [5.41, 5.74) is 2.32. The topological polar surface area (TPSA) is 39.1 Å². The highest BCUT2D eigenvalue weighted by atomic mass is 32.2. The van der Waals surface area contributed by atoms with E-state index in [-0.39, 0.29) is 5.75 Å². The molecule has 0 radical (unpaired) electrons. The zero-order chi connectivity index (χ0) is 11.8. The predicted molar refractivity (Wildman–Crippen MR) is 66.4 cm³/mol. The van der Waals surface area contributed by atoms with Crippen LogP contribution in [-0.2, 0) is 16.4 Å². The number of sulfone groups is 1. The van der Waals surface area contributed by atoms with Crippen LogP contribution in [0.15, 0.2) is 30.5 Å². The molecule has 0 unspecified atom stereocenters. The molecule has 3 nitrogen and oxygen atoms in total. The lowest BCUT2D eigenvalue weighted by molar-refractivity contribution is 0.596. The normalized spacial score (nSPS) is 12.1. The summed E-state index contributed by atoms with van der Waals surface area (Å²) in [6.07, 6.45) is 3.22. The molecule has 1 aromatic heterocycles. The van der Waals surface area contributed by atoms with Crippen molar-refractivity contribution in [3.63, 3.8) is 0 Å². The van der Waals surface area contributed by atoms with E-state index in [1.165, 1.54) is 17.2 Å². The van der Waals surface area contributed by atoms with Crippen molar-refractivity contribution in [2.75, 3.05) is 12.0 Å². The van der Waals surface area contributed by atoms with Gasteiger partial charge in [-0.05, 0) is 24.6 Å². The molecule has 0 fully saturated rings. The second kappa shape index (κ2) is 3.94. The van der Waals surface area contributed by atoms with Gasteiger partial charge in [0.2, 0.25) is 0 Å². The molecular weight excluding hydrogens is 222 g/mol. The van der Waals surface area contributed by atoms with Crippen LogP contribution >= 0.6 is 0 Å². The molecule has 1 heterocycles. The molecule has 2 aromatic rings. The van der Waals surface area contributed by atoms with Gasteiger partial charge in [0, 0.05) is 29.9 Å². The molecule has 0 saturated carbocycles. The highest BCUT2D eigenvalue weighted by Gasteiger charge is 2.06. The second-order valence-corrected chi connectivity index (χ2v) is 6.41. The van der Waals surface area contributed by atoms with Crippen molar-refractivity contribution in [1.29, 1.82) is 0 Å². The fraction of sp³-hybridized carbons (Fsp3) is 0.333. The van der Waals surface area contributed by atoms with Gasteiger partial charge in [0.25, 0.3) is 0 Å². The number of rotatable bonds is 3. The van der Waals surface area contributed by atoms with Gasteiger partial charge in [-0.25, -0.2) is 8.42 Å². The Bertz CT molecular complexity index is 611. The summed E-state index contributed by atoms with van der Waals surface area (Å²) in [6.45, 7) is 2.58. The highest BCUT2D eigenvalue weighted by molar-refractivity contribution is 7.90. The molecule has 1 aromatic carbocycles. The van der Waals surface area contributed by atoms with Gasteiger partial charge in [-0.1, -0.05) is 12.1 Å². The predicted octanol–water partition coefficient (Wildman–Crippen LogP) is 1.99. The van der Waals surface area contributed by atoms with Crippen LogP contribution in [0.25, 0.3) is 10.9 Å². The third-order valence-corrected chi connectivity index (χ3v) is 3.66. The first-order chi connectivity index (χ1) is 7.47. The molecule has 0 atom stereocenters. The van der Waals surface area contributed by atoms with E-state index in [9.17, 15) is 8.42 Å². The van der Waals surface area contributed by atoms with Crippen molar-refractivity contribution in [1.82, 2.24) is 4.57 Å². The van der Waals surface area contributed by atoms with Crippen LogP contribution < -0.4 is 0 Å². The highest BCUT2D eigenvalue weighted by Crippen LogP contribution is 2.19. The lowest BCUT2D eigenvalue weighted by Gasteiger charge is -2.04. The Morgan fingerprint density at radius 3 is 2.69 bits per heavy atom. The van der Waals surface area contributed by atoms with Crippen LogP contribution in [-0.4, -0.2) is 25.0 Å². The number of aryl methyl sites for hydroxylation is 2. The lowest BCUT2D eigenvalue weighted by Crippen LogP contribution is -2.10. The van der Waals surface area contributed by atoms with Crippen LogP contribution in [0, 0.1) is 6.92 Å². The van der Waals surface area contributed by atoms with Gasteiger partial charge >= 0.3 is 0 Å². The van der Waals surface area contributed by atoms with Gasteiger partial charge in [0.05, 0.1) is 5.75 Å². The molecule has 0 spiro atoms.